The van der Waals surface area contributed by atoms with Gasteiger partial charge in [-0.3, -0.25) is 4.79 Å². The standard InChI is InChI=1S/C18H33NO/c1-4-5-6-7-8-9-10-11-12-13-18-14-15-19(16(18)2)17(3)20/h4-15H2,1-3H3. The zero-order chi connectivity index (χ0) is 14.8. The van der Waals surface area contributed by atoms with Crippen LogP contribution in [0, 0.1) is 0 Å². The van der Waals surface area contributed by atoms with Gasteiger partial charge in [-0.15, -0.1) is 0 Å². The van der Waals surface area contributed by atoms with Crippen molar-refractivity contribution >= 4 is 5.91 Å². The average molecular weight is 279 g/mol. The molecule has 0 saturated carbocycles. The third kappa shape index (κ3) is 6.11. The monoisotopic (exact) mass is 279 g/mol. The lowest BCUT2D eigenvalue weighted by Gasteiger charge is -2.15. The smallest absolute Gasteiger partial charge is 0.223 e. The second-order valence-corrected chi connectivity index (χ2v) is 6.19. The quantitative estimate of drug-likeness (QED) is 0.488. The maximum Gasteiger partial charge on any atom is 0.223 e. The Bertz CT molecular complexity index is 319. The minimum atomic E-state index is 0.199. The van der Waals surface area contributed by atoms with E-state index in [1.165, 1.54) is 75.5 Å². The fraction of sp³-hybridized carbons (Fsp3) is 0.833. The van der Waals surface area contributed by atoms with E-state index >= 15 is 0 Å². The lowest BCUT2D eigenvalue weighted by Crippen LogP contribution is -2.23. The van der Waals surface area contributed by atoms with Crippen LogP contribution < -0.4 is 0 Å². The molecule has 1 rings (SSSR count). The maximum atomic E-state index is 11.4. The summed E-state index contributed by atoms with van der Waals surface area (Å²) in [6.45, 7) is 6.96. The number of carbonyl (C=O) groups is 1. The highest BCUT2D eigenvalue weighted by Crippen LogP contribution is 2.27. The van der Waals surface area contributed by atoms with Gasteiger partial charge < -0.3 is 4.90 Å². The molecule has 20 heavy (non-hydrogen) atoms. The molecule has 0 radical (unpaired) electrons. The molecule has 116 valence electrons. The van der Waals surface area contributed by atoms with Crippen LogP contribution in [-0.2, 0) is 4.79 Å². The number of nitrogens with zero attached hydrogens (tertiary/aromatic N) is 1. The van der Waals surface area contributed by atoms with E-state index in [0.29, 0.717) is 0 Å². The number of rotatable bonds is 10. The van der Waals surface area contributed by atoms with E-state index in [4.69, 9.17) is 0 Å². The normalized spacial score (nSPS) is 15.2. The molecule has 0 aliphatic carbocycles. The van der Waals surface area contributed by atoms with Crippen LogP contribution >= 0.6 is 0 Å². The van der Waals surface area contributed by atoms with Crippen LogP contribution in [0.4, 0.5) is 0 Å². The van der Waals surface area contributed by atoms with Crippen LogP contribution in [0.2, 0.25) is 0 Å². The summed E-state index contributed by atoms with van der Waals surface area (Å²) in [6.07, 6.45) is 14.7. The van der Waals surface area contributed by atoms with Crippen molar-refractivity contribution in [3.63, 3.8) is 0 Å². The summed E-state index contributed by atoms with van der Waals surface area (Å²) in [7, 11) is 0. The van der Waals surface area contributed by atoms with Crippen LogP contribution in [0.3, 0.4) is 0 Å². The second-order valence-electron chi connectivity index (χ2n) is 6.19. The Labute approximate surface area is 125 Å². The van der Waals surface area contributed by atoms with Gasteiger partial charge in [0.2, 0.25) is 5.91 Å². The summed E-state index contributed by atoms with van der Waals surface area (Å²) in [5.41, 5.74) is 2.75. The van der Waals surface area contributed by atoms with Gasteiger partial charge in [0.05, 0.1) is 0 Å². The molecular weight excluding hydrogens is 246 g/mol. The van der Waals surface area contributed by atoms with Gasteiger partial charge in [0.15, 0.2) is 0 Å². The van der Waals surface area contributed by atoms with E-state index in [-0.39, 0.29) is 5.91 Å². The highest BCUT2D eigenvalue weighted by atomic mass is 16.2. The van der Waals surface area contributed by atoms with E-state index in [0.717, 1.165) is 13.0 Å². The van der Waals surface area contributed by atoms with Crippen molar-refractivity contribution in [2.45, 2.75) is 91.4 Å². The summed E-state index contributed by atoms with van der Waals surface area (Å²) in [5, 5.41) is 0. The molecule has 0 unspecified atom stereocenters. The summed E-state index contributed by atoms with van der Waals surface area (Å²) in [5.74, 6) is 0.199. The predicted octanol–water partition coefficient (Wildman–Crippen LogP) is 5.43. The van der Waals surface area contributed by atoms with Crippen molar-refractivity contribution in [2.75, 3.05) is 6.54 Å². The van der Waals surface area contributed by atoms with Crippen molar-refractivity contribution in [1.82, 2.24) is 4.90 Å². The van der Waals surface area contributed by atoms with Gasteiger partial charge in [-0.2, -0.15) is 0 Å². The third-order valence-electron chi connectivity index (χ3n) is 4.52. The van der Waals surface area contributed by atoms with Gasteiger partial charge in [0.1, 0.15) is 0 Å². The average Bonchev–Trinajstić information content (AvgIpc) is 2.78. The van der Waals surface area contributed by atoms with Gasteiger partial charge >= 0.3 is 0 Å². The van der Waals surface area contributed by atoms with Crippen LogP contribution in [0.1, 0.15) is 91.4 Å². The Morgan fingerprint density at radius 3 is 2.05 bits per heavy atom. The largest absolute Gasteiger partial charge is 0.316 e. The molecule has 0 saturated heterocycles. The summed E-state index contributed by atoms with van der Waals surface area (Å²) < 4.78 is 0. The second kappa shape index (κ2) is 10.0. The molecule has 1 aliphatic rings. The zero-order valence-electron chi connectivity index (χ0n) is 13.8. The molecule has 1 aliphatic heterocycles. The minimum Gasteiger partial charge on any atom is -0.316 e. The molecule has 0 aromatic rings. The molecule has 0 bridgehead atoms. The van der Waals surface area contributed by atoms with Crippen LogP contribution in [0.25, 0.3) is 0 Å². The molecule has 0 atom stereocenters. The Morgan fingerprint density at radius 2 is 1.55 bits per heavy atom. The molecular formula is C18H33NO. The number of unbranched alkanes of at least 4 members (excludes halogenated alkanes) is 8. The lowest BCUT2D eigenvalue weighted by molar-refractivity contribution is -0.126. The first-order chi connectivity index (χ1) is 9.66. The summed E-state index contributed by atoms with van der Waals surface area (Å²) in [6, 6.07) is 0. The Kier molecular flexibility index (Phi) is 8.64. The number of hydrogen-bond acceptors (Lipinski definition) is 1. The van der Waals surface area contributed by atoms with Crippen LogP contribution in [0.15, 0.2) is 11.3 Å². The predicted molar refractivity (Wildman–Crippen MR) is 86.5 cm³/mol. The van der Waals surface area contributed by atoms with Crippen molar-refractivity contribution in [2.24, 2.45) is 0 Å². The first kappa shape index (κ1) is 17.3. The topological polar surface area (TPSA) is 20.3 Å². The number of carbonyl (C=O) groups excluding carboxylic acids is 1. The van der Waals surface area contributed by atoms with Gasteiger partial charge in [-0.05, 0) is 31.8 Å². The molecule has 0 aromatic carbocycles. The first-order valence-electron chi connectivity index (χ1n) is 8.63. The molecule has 1 heterocycles. The molecule has 2 heteroatoms. The number of allylic oxidation sites excluding steroid dienone is 1. The number of hydrogen-bond donors (Lipinski definition) is 0. The van der Waals surface area contributed by atoms with Crippen molar-refractivity contribution < 1.29 is 4.79 Å². The third-order valence-corrected chi connectivity index (χ3v) is 4.52. The van der Waals surface area contributed by atoms with Gasteiger partial charge in [0.25, 0.3) is 0 Å². The van der Waals surface area contributed by atoms with E-state index in [9.17, 15) is 4.79 Å². The highest BCUT2D eigenvalue weighted by Gasteiger charge is 2.20. The maximum absolute atomic E-state index is 11.4. The van der Waals surface area contributed by atoms with E-state index in [1.54, 1.807) is 6.92 Å². The SMILES string of the molecule is CCCCCCCCCCCC1=C(C)N(C(C)=O)CC1. The Balaban J connectivity index is 2.03. The minimum absolute atomic E-state index is 0.199. The summed E-state index contributed by atoms with van der Waals surface area (Å²) in [4.78, 5) is 13.4. The molecule has 0 N–H and O–H groups in total. The first-order valence-corrected chi connectivity index (χ1v) is 8.63. The van der Waals surface area contributed by atoms with E-state index in [2.05, 4.69) is 13.8 Å². The highest BCUT2D eigenvalue weighted by molar-refractivity contribution is 5.76. The Hall–Kier alpha value is -0.790. The van der Waals surface area contributed by atoms with Crippen molar-refractivity contribution in [3.8, 4) is 0 Å². The van der Waals surface area contributed by atoms with Crippen molar-refractivity contribution in [3.05, 3.63) is 11.3 Å². The zero-order valence-corrected chi connectivity index (χ0v) is 13.8. The Morgan fingerprint density at radius 1 is 1.00 bits per heavy atom. The molecule has 0 aromatic heterocycles. The van der Waals surface area contributed by atoms with Gasteiger partial charge in [0, 0.05) is 19.2 Å². The van der Waals surface area contributed by atoms with Crippen LogP contribution in [0.5, 0.6) is 0 Å². The molecule has 0 fully saturated rings. The van der Waals surface area contributed by atoms with E-state index in [1.807, 2.05) is 4.90 Å². The van der Waals surface area contributed by atoms with E-state index < -0.39 is 0 Å². The fourth-order valence-corrected chi connectivity index (χ4v) is 3.13. The van der Waals surface area contributed by atoms with Gasteiger partial charge in [-0.1, -0.05) is 58.3 Å². The number of amides is 1. The molecule has 1 amide bonds. The van der Waals surface area contributed by atoms with Crippen LogP contribution in [-0.4, -0.2) is 17.4 Å². The fourth-order valence-electron chi connectivity index (χ4n) is 3.13. The van der Waals surface area contributed by atoms with Gasteiger partial charge in [-0.25, -0.2) is 0 Å². The summed E-state index contributed by atoms with van der Waals surface area (Å²) >= 11 is 0. The van der Waals surface area contributed by atoms with Crippen molar-refractivity contribution in [1.29, 1.82) is 0 Å². The molecule has 0 spiro atoms. The lowest BCUT2D eigenvalue weighted by atomic mass is 10.0. The molecule has 2 nitrogen and oxygen atoms in total.